The molecular weight excluding hydrogens is 340 g/mol. The van der Waals surface area contributed by atoms with Crippen LogP contribution in [0.5, 0.6) is 11.5 Å². The first-order valence-corrected chi connectivity index (χ1v) is 9.60. The normalized spacial score (nSPS) is 21.4. The number of carbonyl (C=O) groups excluding carboxylic acids is 1. The first-order chi connectivity index (χ1) is 13.1. The van der Waals surface area contributed by atoms with E-state index in [1.165, 1.54) is 0 Å². The van der Waals surface area contributed by atoms with Crippen molar-refractivity contribution in [2.75, 3.05) is 31.6 Å². The summed E-state index contributed by atoms with van der Waals surface area (Å²) in [5, 5.41) is 3.06. The van der Waals surface area contributed by atoms with Crippen LogP contribution in [-0.2, 0) is 4.79 Å². The Morgan fingerprint density at radius 2 is 1.74 bits per heavy atom. The second-order valence-corrected chi connectivity index (χ2v) is 7.68. The second kappa shape index (κ2) is 7.61. The van der Waals surface area contributed by atoms with Crippen molar-refractivity contribution in [3.63, 3.8) is 0 Å². The molecule has 0 bridgehead atoms. The van der Waals surface area contributed by atoms with Crippen molar-refractivity contribution in [1.82, 2.24) is 4.90 Å². The Morgan fingerprint density at radius 1 is 1.07 bits per heavy atom. The van der Waals surface area contributed by atoms with Gasteiger partial charge in [-0.1, -0.05) is 37.3 Å². The number of ether oxygens (including phenoxy) is 2. The molecule has 0 saturated carbocycles. The zero-order valence-electron chi connectivity index (χ0n) is 15.7. The van der Waals surface area contributed by atoms with E-state index in [-0.39, 0.29) is 17.4 Å². The molecule has 27 heavy (non-hydrogen) atoms. The molecule has 4 rings (SSSR count). The lowest BCUT2D eigenvalue weighted by Crippen LogP contribution is -2.48. The third-order valence-electron chi connectivity index (χ3n) is 5.57. The number of benzene rings is 2. The van der Waals surface area contributed by atoms with Crippen LogP contribution < -0.4 is 14.8 Å². The van der Waals surface area contributed by atoms with Gasteiger partial charge in [0.05, 0.1) is 0 Å². The number of fused-ring (bicyclic) bond motifs is 1. The van der Waals surface area contributed by atoms with Crippen molar-refractivity contribution in [3.8, 4) is 11.5 Å². The molecule has 142 valence electrons. The van der Waals surface area contributed by atoms with Crippen LogP contribution >= 0.6 is 0 Å². The lowest BCUT2D eigenvalue weighted by molar-refractivity contribution is -0.127. The smallest absolute Gasteiger partial charge is 0.230 e. The maximum Gasteiger partial charge on any atom is 0.230 e. The highest BCUT2D eigenvalue weighted by Gasteiger charge is 2.37. The molecule has 2 aromatic carbocycles. The van der Waals surface area contributed by atoms with Crippen LogP contribution in [0.15, 0.2) is 54.6 Å². The number of hydrogen-bond acceptors (Lipinski definition) is 4. The zero-order chi connectivity index (χ0) is 18.7. The molecule has 1 atom stereocenters. The minimum absolute atomic E-state index is 0.0300. The minimum atomic E-state index is -0.330. The SMILES string of the molecule is CC1(C(=O)Nc2ccccc2)CCN(CC2COc3ccccc3O2)CC1. The number of carbonyl (C=O) groups is 1. The number of nitrogens with one attached hydrogen (secondary N) is 1. The van der Waals surface area contributed by atoms with Crippen LogP contribution in [0.4, 0.5) is 5.69 Å². The van der Waals surface area contributed by atoms with Gasteiger partial charge >= 0.3 is 0 Å². The number of rotatable bonds is 4. The number of nitrogens with zero attached hydrogens (tertiary/aromatic N) is 1. The summed E-state index contributed by atoms with van der Waals surface area (Å²) in [4.78, 5) is 15.1. The molecule has 2 heterocycles. The van der Waals surface area contributed by atoms with E-state index in [0.717, 1.165) is 49.7 Å². The third kappa shape index (κ3) is 4.08. The first-order valence-electron chi connectivity index (χ1n) is 9.60. The Labute approximate surface area is 160 Å². The summed E-state index contributed by atoms with van der Waals surface area (Å²) in [6.07, 6.45) is 1.72. The van der Waals surface area contributed by atoms with Crippen LogP contribution in [0.3, 0.4) is 0 Å². The van der Waals surface area contributed by atoms with Crippen molar-refractivity contribution in [1.29, 1.82) is 0 Å². The van der Waals surface area contributed by atoms with Gasteiger partial charge in [0.15, 0.2) is 11.5 Å². The van der Waals surface area contributed by atoms with Gasteiger partial charge in [-0.3, -0.25) is 9.69 Å². The van der Waals surface area contributed by atoms with E-state index in [4.69, 9.17) is 9.47 Å². The van der Waals surface area contributed by atoms with Crippen molar-refractivity contribution >= 4 is 11.6 Å². The molecular formula is C22H26N2O3. The lowest BCUT2D eigenvalue weighted by Gasteiger charge is -2.40. The molecule has 1 unspecified atom stereocenters. The van der Waals surface area contributed by atoms with E-state index >= 15 is 0 Å². The van der Waals surface area contributed by atoms with Gasteiger partial charge in [0.1, 0.15) is 12.7 Å². The number of likely N-dealkylation sites (tertiary alicyclic amines) is 1. The number of para-hydroxylation sites is 3. The summed E-state index contributed by atoms with van der Waals surface area (Å²) in [5.74, 6) is 1.75. The predicted molar refractivity (Wildman–Crippen MR) is 105 cm³/mol. The summed E-state index contributed by atoms with van der Waals surface area (Å²) in [6.45, 7) is 5.24. The van der Waals surface area contributed by atoms with Gasteiger partial charge in [-0.05, 0) is 50.2 Å². The van der Waals surface area contributed by atoms with Gasteiger partial charge in [-0.25, -0.2) is 0 Å². The van der Waals surface area contributed by atoms with E-state index in [1.54, 1.807) is 0 Å². The van der Waals surface area contributed by atoms with Gasteiger partial charge in [-0.15, -0.1) is 0 Å². The summed E-state index contributed by atoms with van der Waals surface area (Å²) in [5.41, 5.74) is 0.528. The first kappa shape index (κ1) is 17.9. The fourth-order valence-corrected chi connectivity index (χ4v) is 3.70. The number of amides is 1. The van der Waals surface area contributed by atoms with E-state index in [2.05, 4.69) is 17.1 Å². The highest BCUT2D eigenvalue weighted by Crippen LogP contribution is 2.34. The zero-order valence-corrected chi connectivity index (χ0v) is 15.7. The van der Waals surface area contributed by atoms with Gasteiger partial charge in [-0.2, -0.15) is 0 Å². The Kier molecular flexibility index (Phi) is 5.03. The van der Waals surface area contributed by atoms with E-state index in [9.17, 15) is 4.79 Å². The van der Waals surface area contributed by atoms with E-state index in [1.807, 2.05) is 54.6 Å². The fraction of sp³-hybridized carbons (Fsp3) is 0.409. The summed E-state index contributed by atoms with van der Waals surface area (Å²) in [7, 11) is 0. The quantitative estimate of drug-likeness (QED) is 0.899. The molecule has 0 aliphatic carbocycles. The molecule has 5 nitrogen and oxygen atoms in total. The monoisotopic (exact) mass is 366 g/mol. The highest BCUT2D eigenvalue weighted by atomic mass is 16.6. The number of piperidine rings is 1. The van der Waals surface area contributed by atoms with Crippen molar-refractivity contribution < 1.29 is 14.3 Å². The van der Waals surface area contributed by atoms with Crippen LogP contribution in [-0.4, -0.2) is 43.2 Å². The van der Waals surface area contributed by atoms with Crippen LogP contribution in [0.2, 0.25) is 0 Å². The van der Waals surface area contributed by atoms with Crippen molar-refractivity contribution in [2.24, 2.45) is 5.41 Å². The molecule has 1 N–H and O–H groups in total. The second-order valence-electron chi connectivity index (χ2n) is 7.68. The maximum absolute atomic E-state index is 12.7. The summed E-state index contributed by atoms with van der Waals surface area (Å²) in [6, 6.07) is 17.5. The molecule has 1 saturated heterocycles. The van der Waals surface area contributed by atoms with Crippen molar-refractivity contribution in [2.45, 2.75) is 25.9 Å². The summed E-state index contributed by atoms with van der Waals surface area (Å²) < 4.78 is 11.9. The number of hydrogen-bond donors (Lipinski definition) is 1. The molecule has 0 aromatic heterocycles. The lowest BCUT2D eigenvalue weighted by atomic mass is 9.79. The maximum atomic E-state index is 12.7. The van der Waals surface area contributed by atoms with Gasteiger partial charge in [0.2, 0.25) is 5.91 Å². The third-order valence-corrected chi connectivity index (χ3v) is 5.57. The number of anilines is 1. The van der Waals surface area contributed by atoms with Crippen molar-refractivity contribution in [3.05, 3.63) is 54.6 Å². The van der Waals surface area contributed by atoms with Gasteiger partial charge in [0.25, 0.3) is 0 Å². The molecule has 2 aromatic rings. The van der Waals surface area contributed by atoms with Crippen LogP contribution in [0.25, 0.3) is 0 Å². The van der Waals surface area contributed by atoms with E-state index < -0.39 is 0 Å². The Hall–Kier alpha value is -2.53. The largest absolute Gasteiger partial charge is 0.486 e. The molecule has 2 aliphatic rings. The average Bonchev–Trinajstić information content (AvgIpc) is 2.70. The average molecular weight is 366 g/mol. The van der Waals surface area contributed by atoms with Gasteiger partial charge < -0.3 is 14.8 Å². The summed E-state index contributed by atoms with van der Waals surface area (Å²) >= 11 is 0. The molecule has 1 amide bonds. The Morgan fingerprint density at radius 3 is 2.48 bits per heavy atom. The molecule has 0 spiro atoms. The highest BCUT2D eigenvalue weighted by molar-refractivity contribution is 5.95. The van der Waals surface area contributed by atoms with Crippen LogP contribution in [0, 0.1) is 5.41 Å². The molecule has 1 fully saturated rings. The topological polar surface area (TPSA) is 50.8 Å². The van der Waals surface area contributed by atoms with E-state index in [0.29, 0.717) is 6.61 Å². The minimum Gasteiger partial charge on any atom is -0.486 e. The Bertz CT molecular complexity index is 785. The van der Waals surface area contributed by atoms with Gasteiger partial charge in [0, 0.05) is 17.6 Å². The Balaban J connectivity index is 1.29. The molecule has 2 aliphatic heterocycles. The fourth-order valence-electron chi connectivity index (χ4n) is 3.70. The predicted octanol–water partition coefficient (Wildman–Crippen LogP) is 3.57. The molecule has 5 heteroatoms. The van der Waals surface area contributed by atoms with Crippen LogP contribution in [0.1, 0.15) is 19.8 Å². The standard InChI is InChI=1S/C22H26N2O3/c1-22(21(25)23-17-7-3-2-4-8-17)11-13-24(14-12-22)15-18-16-26-19-9-5-6-10-20(19)27-18/h2-10,18H,11-16H2,1H3,(H,23,25). The molecule has 0 radical (unpaired) electrons.